The van der Waals surface area contributed by atoms with Crippen LogP contribution in [0.25, 0.3) is 0 Å². The third-order valence-corrected chi connectivity index (χ3v) is 3.10. The molecule has 1 fully saturated rings. The lowest BCUT2D eigenvalue weighted by atomic mass is 9.98. The Bertz CT molecular complexity index is 343. The molecular formula is C12H16N2O. The molecule has 0 amide bonds. The summed E-state index contributed by atoms with van der Waals surface area (Å²) in [5, 5.41) is 3.07. The second-order valence-electron chi connectivity index (χ2n) is 4.25. The van der Waals surface area contributed by atoms with Crippen LogP contribution in [0.5, 0.6) is 0 Å². The molecule has 1 aromatic rings. The quantitative estimate of drug-likeness (QED) is 0.692. The minimum atomic E-state index is 0.562. The summed E-state index contributed by atoms with van der Waals surface area (Å²) in [4.78, 5) is 12.9. The van der Waals surface area contributed by atoms with Crippen molar-refractivity contribution in [2.45, 2.75) is 19.8 Å². The maximum atomic E-state index is 10.7. The van der Waals surface area contributed by atoms with Gasteiger partial charge < -0.3 is 4.90 Å². The van der Waals surface area contributed by atoms with Gasteiger partial charge in [-0.3, -0.25) is 0 Å². The number of anilines is 1. The molecule has 0 bridgehead atoms. The molecule has 0 aliphatic carbocycles. The van der Waals surface area contributed by atoms with E-state index in [1.165, 1.54) is 12.8 Å². The SMILES string of the molecule is CC1CCN(c2ccccc2N=O)CC1. The van der Waals surface area contributed by atoms with Crippen LogP contribution in [0.4, 0.5) is 11.4 Å². The van der Waals surface area contributed by atoms with Gasteiger partial charge in [0.1, 0.15) is 5.69 Å². The molecule has 1 aromatic carbocycles. The van der Waals surface area contributed by atoms with Gasteiger partial charge in [0, 0.05) is 13.1 Å². The Labute approximate surface area is 90.1 Å². The van der Waals surface area contributed by atoms with Crippen LogP contribution < -0.4 is 4.90 Å². The van der Waals surface area contributed by atoms with E-state index in [4.69, 9.17) is 0 Å². The van der Waals surface area contributed by atoms with Crippen molar-refractivity contribution in [1.29, 1.82) is 0 Å². The van der Waals surface area contributed by atoms with E-state index < -0.39 is 0 Å². The molecule has 15 heavy (non-hydrogen) atoms. The summed E-state index contributed by atoms with van der Waals surface area (Å²) in [5.41, 5.74) is 1.55. The molecule has 0 aromatic heterocycles. The molecule has 1 aliphatic heterocycles. The fourth-order valence-corrected chi connectivity index (χ4v) is 2.06. The minimum Gasteiger partial charge on any atom is -0.370 e. The first-order valence-electron chi connectivity index (χ1n) is 5.48. The molecule has 1 saturated heterocycles. The Morgan fingerprint density at radius 3 is 2.60 bits per heavy atom. The fraction of sp³-hybridized carbons (Fsp3) is 0.500. The van der Waals surface area contributed by atoms with Gasteiger partial charge in [0.05, 0.1) is 5.69 Å². The number of rotatable bonds is 2. The Balaban J connectivity index is 2.18. The molecule has 2 rings (SSSR count). The van der Waals surface area contributed by atoms with E-state index in [2.05, 4.69) is 17.0 Å². The molecule has 3 nitrogen and oxygen atoms in total. The first-order valence-corrected chi connectivity index (χ1v) is 5.48. The van der Waals surface area contributed by atoms with Crippen LogP contribution in [0.2, 0.25) is 0 Å². The van der Waals surface area contributed by atoms with Gasteiger partial charge in [-0.05, 0) is 36.1 Å². The van der Waals surface area contributed by atoms with Gasteiger partial charge in [-0.1, -0.05) is 19.1 Å². The Morgan fingerprint density at radius 1 is 1.27 bits per heavy atom. The van der Waals surface area contributed by atoms with Crippen molar-refractivity contribution < 1.29 is 0 Å². The van der Waals surface area contributed by atoms with E-state index in [9.17, 15) is 4.91 Å². The van der Waals surface area contributed by atoms with E-state index in [-0.39, 0.29) is 0 Å². The molecule has 80 valence electrons. The van der Waals surface area contributed by atoms with Gasteiger partial charge >= 0.3 is 0 Å². The smallest absolute Gasteiger partial charge is 0.131 e. The summed E-state index contributed by atoms with van der Waals surface area (Å²) in [7, 11) is 0. The van der Waals surface area contributed by atoms with Gasteiger partial charge in [0.15, 0.2) is 0 Å². The van der Waals surface area contributed by atoms with Crippen molar-refractivity contribution in [2.24, 2.45) is 11.1 Å². The lowest BCUT2D eigenvalue weighted by molar-refractivity contribution is 0.438. The zero-order valence-corrected chi connectivity index (χ0v) is 9.02. The van der Waals surface area contributed by atoms with Crippen molar-refractivity contribution in [3.05, 3.63) is 29.2 Å². The molecule has 1 aliphatic rings. The van der Waals surface area contributed by atoms with Gasteiger partial charge in [0.25, 0.3) is 0 Å². The minimum absolute atomic E-state index is 0.562. The van der Waals surface area contributed by atoms with E-state index in [1.54, 1.807) is 6.07 Å². The number of benzene rings is 1. The highest BCUT2D eigenvalue weighted by Gasteiger charge is 2.18. The van der Waals surface area contributed by atoms with Crippen LogP contribution in [0.15, 0.2) is 29.4 Å². The molecular weight excluding hydrogens is 188 g/mol. The number of nitrogens with zero attached hydrogens (tertiary/aromatic N) is 2. The summed E-state index contributed by atoms with van der Waals surface area (Å²) in [6.07, 6.45) is 2.40. The highest BCUT2D eigenvalue weighted by molar-refractivity contribution is 5.66. The number of para-hydroxylation sites is 1. The third kappa shape index (κ3) is 2.17. The summed E-state index contributed by atoms with van der Waals surface area (Å²) in [6, 6.07) is 7.57. The van der Waals surface area contributed by atoms with Crippen LogP contribution >= 0.6 is 0 Å². The van der Waals surface area contributed by atoms with Crippen molar-refractivity contribution in [3.8, 4) is 0 Å². The van der Waals surface area contributed by atoms with Crippen molar-refractivity contribution in [3.63, 3.8) is 0 Å². The highest BCUT2D eigenvalue weighted by Crippen LogP contribution is 2.31. The highest BCUT2D eigenvalue weighted by atomic mass is 16.3. The molecule has 0 spiro atoms. The van der Waals surface area contributed by atoms with Crippen molar-refractivity contribution >= 4 is 11.4 Å². The first-order chi connectivity index (χ1) is 7.31. The zero-order chi connectivity index (χ0) is 10.7. The topological polar surface area (TPSA) is 32.7 Å². The number of hydrogen-bond acceptors (Lipinski definition) is 3. The van der Waals surface area contributed by atoms with Gasteiger partial charge in [-0.2, -0.15) is 0 Å². The summed E-state index contributed by atoms with van der Waals surface area (Å²) in [6.45, 7) is 4.35. The van der Waals surface area contributed by atoms with E-state index in [1.807, 2.05) is 18.2 Å². The van der Waals surface area contributed by atoms with Crippen LogP contribution in [0.3, 0.4) is 0 Å². The standard InChI is InChI=1S/C12H16N2O/c1-10-6-8-14(9-7-10)12-5-3-2-4-11(12)13-15/h2-5,10H,6-9H2,1H3. The average molecular weight is 204 g/mol. The summed E-state index contributed by atoms with van der Waals surface area (Å²) in [5.74, 6) is 0.803. The summed E-state index contributed by atoms with van der Waals surface area (Å²) < 4.78 is 0. The second-order valence-corrected chi connectivity index (χ2v) is 4.25. The van der Waals surface area contributed by atoms with Crippen molar-refractivity contribution in [2.75, 3.05) is 18.0 Å². The molecule has 0 radical (unpaired) electrons. The second kappa shape index (κ2) is 4.43. The lowest BCUT2D eigenvalue weighted by Crippen LogP contribution is -2.32. The predicted molar refractivity (Wildman–Crippen MR) is 62.5 cm³/mol. The third-order valence-electron chi connectivity index (χ3n) is 3.10. The first kappa shape index (κ1) is 10.1. The van der Waals surface area contributed by atoms with E-state index >= 15 is 0 Å². The maximum Gasteiger partial charge on any atom is 0.131 e. The summed E-state index contributed by atoms with van der Waals surface area (Å²) >= 11 is 0. The molecule has 0 saturated carbocycles. The predicted octanol–water partition coefficient (Wildman–Crippen LogP) is 3.32. The number of hydrogen-bond donors (Lipinski definition) is 0. The molecule has 0 atom stereocenters. The van der Waals surface area contributed by atoms with Crippen molar-refractivity contribution in [1.82, 2.24) is 0 Å². The molecule has 0 N–H and O–H groups in total. The van der Waals surface area contributed by atoms with Crippen LogP contribution in [-0.2, 0) is 0 Å². The van der Waals surface area contributed by atoms with E-state index in [0.29, 0.717) is 5.69 Å². The molecule has 3 heteroatoms. The van der Waals surface area contributed by atoms with Gasteiger partial charge in [0.2, 0.25) is 0 Å². The molecule has 0 unspecified atom stereocenters. The van der Waals surface area contributed by atoms with Gasteiger partial charge in [-0.25, -0.2) is 0 Å². The Morgan fingerprint density at radius 2 is 1.93 bits per heavy atom. The van der Waals surface area contributed by atoms with E-state index in [0.717, 1.165) is 24.7 Å². The number of nitroso groups, excluding NO2 is 1. The van der Waals surface area contributed by atoms with Crippen LogP contribution in [0.1, 0.15) is 19.8 Å². The fourth-order valence-electron chi connectivity index (χ4n) is 2.06. The average Bonchev–Trinajstić information content (AvgIpc) is 2.30. The zero-order valence-electron chi connectivity index (χ0n) is 9.02. The number of piperidine rings is 1. The van der Waals surface area contributed by atoms with Gasteiger partial charge in [-0.15, -0.1) is 4.91 Å². The monoisotopic (exact) mass is 204 g/mol. The van der Waals surface area contributed by atoms with Crippen LogP contribution in [0, 0.1) is 10.8 Å². The normalized spacial score (nSPS) is 17.8. The molecule has 1 heterocycles. The largest absolute Gasteiger partial charge is 0.370 e. The lowest BCUT2D eigenvalue weighted by Gasteiger charge is -2.32. The maximum absolute atomic E-state index is 10.7. The Hall–Kier alpha value is -1.38. The Kier molecular flexibility index (Phi) is 2.99. The van der Waals surface area contributed by atoms with Crippen LogP contribution in [-0.4, -0.2) is 13.1 Å².